The van der Waals surface area contributed by atoms with E-state index in [1.807, 2.05) is 0 Å². The van der Waals surface area contributed by atoms with Crippen LogP contribution in [0.1, 0.15) is 36.0 Å². The fourth-order valence-electron chi connectivity index (χ4n) is 2.12. The van der Waals surface area contributed by atoms with Gasteiger partial charge in [-0.05, 0) is 49.8 Å². The SMILES string of the molecule is Cc1cccc(C2(N)CCC2)c1C. The Kier molecular flexibility index (Phi) is 1.92. The van der Waals surface area contributed by atoms with Crippen LogP contribution in [0.25, 0.3) is 0 Å². The molecule has 70 valence electrons. The van der Waals surface area contributed by atoms with E-state index in [9.17, 15) is 0 Å². The van der Waals surface area contributed by atoms with Crippen LogP contribution in [-0.4, -0.2) is 0 Å². The van der Waals surface area contributed by atoms with Gasteiger partial charge in [-0.15, -0.1) is 0 Å². The van der Waals surface area contributed by atoms with E-state index >= 15 is 0 Å². The summed E-state index contributed by atoms with van der Waals surface area (Å²) >= 11 is 0. The Bertz CT molecular complexity index is 324. The first-order chi connectivity index (χ1) is 6.13. The van der Waals surface area contributed by atoms with Gasteiger partial charge in [0, 0.05) is 5.54 Å². The van der Waals surface area contributed by atoms with Crippen LogP contribution in [0.4, 0.5) is 0 Å². The standard InChI is InChI=1S/C12H17N/c1-9-5-3-6-11(10(9)2)12(13)7-4-8-12/h3,5-6H,4,7-8,13H2,1-2H3. The highest BCUT2D eigenvalue weighted by atomic mass is 14.8. The van der Waals surface area contributed by atoms with Gasteiger partial charge in [-0.25, -0.2) is 0 Å². The summed E-state index contributed by atoms with van der Waals surface area (Å²) in [5.41, 5.74) is 10.4. The predicted molar refractivity (Wildman–Crippen MR) is 55.6 cm³/mol. The van der Waals surface area contributed by atoms with Gasteiger partial charge in [-0.1, -0.05) is 18.2 Å². The van der Waals surface area contributed by atoms with E-state index in [4.69, 9.17) is 5.73 Å². The van der Waals surface area contributed by atoms with E-state index in [0.29, 0.717) is 0 Å². The fraction of sp³-hybridized carbons (Fsp3) is 0.500. The minimum Gasteiger partial charge on any atom is -0.321 e. The quantitative estimate of drug-likeness (QED) is 0.697. The molecule has 0 radical (unpaired) electrons. The molecule has 0 unspecified atom stereocenters. The highest BCUT2D eigenvalue weighted by molar-refractivity contribution is 5.39. The zero-order chi connectivity index (χ0) is 9.47. The molecular formula is C12H17N. The summed E-state index contributed by atoms with van der Waals surface area (Å²) in [6, 6.07) is 6.45. The van der Waals surface area contributed by atoms with Crippen LogP contribution < -0.4 is 5.73 Å². The normalized spacial score (nSPS) is 19.6. The van der Waals surface area contributed by atoms with Crippen molar-refractivity contribution in [1.82, 2.24) is 0 Å². The van der Waals surface area contributed by atoms with Crippen LogP contribution >= 0.6 is 0 Å². The molecule has 0 spiro atoms. The van der Waals surface area contributed by atoms with Crippen LogP contribution in [0.3, 0.4) is 0 Å². The average Bonchev–Trinajstić information content (AvgIpc) is 2.06. The van der Waals surface area contributed by atoms with Crippen molar-refractivity contribution in [2.75, 3.05) is 0 Å². The van der Waals surface area contributed by atoms with E-state index in [1.165, 1.54) is 23.1 Å². The number of rotatable bonds is 1. The molecule has 1 aromatic rings. The van der Waals surface area contributed by atoms with Crippen LogP contribution in [0.5, 0.6) is 0 Å². The molecule has 0 heterocycles. The minimum absolute atomic E-state index is 0.00387. The highest BCUT2D eigenvalue weighted by Gasteiger charge is 2.35. The lowest BCUT2D eigenvalue weighted by Gasteiger charge is -2.40. The van der Waals surface area contributed by atoms with Crippen LogP contribution in [0.15, 0.2) is 18.2 Å². The second-order valence-electron chi connectivity index (χ2n) is 4.26. The van der Waals surface area contributed by atoms with Crippen molar-refractivity contribution in [3.05, 3.63) is 34.9 Å². The van der Waals surface area contributed by atoms with Crippen molar-refractivity contribution in [3.63, 3.8) is 0 Å². The van der Waals surface area contributed by atoms with E-state index in [-0.39, 0.29) is 5.54 Å². The summed E-state index contributed by atoms with van der Waals surface area (Å²) in [6.45, 7) is 4.33. The Morgan fingerprint density at radius 3 is 2.46 bits per heavy atom. The molecule has 1 fully saturated rings. The Morgan fingerprint density at radius 1 is 1.23 bits per heavy atom. The minimum atomic E-state index is -0.00387. The number of aryl methyl sites for hydroxylation is 1. The highest BCUT2D eigenvalue weighted by Crippen LogP contribution is 2.40. The maximum absolute atomic E-state index is 6.29. The van der Waals surface area contributed by atoms with Gasteiger partial charge in [-0.2, -0.15) is 0 Å². The van der Waals surface area contributed by atoms with Crippen molar-refractivity contribution in [2.24, 2.45) is 5.73 Å². The summed E-state index contributed by atoms with van der Waals surface area (Å²) in [4.78, 5) is 0. The maximum atomic E-state index is 6.29. The number of nitrogens with two attached hydrogens (primary N) is 1. The first-order valence-corrected chi connectivity index (χ1v) is 4.99. The molecule has 1 aromatic carbocycles. The van der Waals surface area contributed by atoms with Crippen molar-refractivity contribution >= 4 is 0 Å². The van der Waals surface area contributed by atoms with E-state index in [1.54, 1.807) is 0 Å². The van der Waals surface area contributed by atoms with Gasteiger partial charge < -0.3 is 5.73 Å². The third-order valence-corrected chi connectivity index (χ3v) is 3.39. The van der Waals surface area contributed by atoms with Gasteiger partial charge in [0.25, 0.3) is 0 Å². The number of benzene rings is 1. The Morgan fingerprint density at radius 2 is 1.92 bits per heavy atom. The second-order valence-corrected chi connectivity index (χ2v) is 4.26. The molecule has 2 N–H and O–H groups in total. The molecule has 1 saturated carbocycles. The van der Waals surface area contributed by atoms with Gasteiger partial charge in [-0.3, -0.25) is 0 Å². The molecule has 0 saturated heterocycles. The second kappa shape index (κ2) is 2.85. The van der Waals surface area contributed by atoms with Gasteiger partial charge in [0.05, 0.1) is 0 Å². The monoisotopic (exact) mass is 175 g/mol. The lowest BCUT2D eigenvalue weighted by Crippen LogP contribution is -2.43. The maximum Gasteiger partial charge on any atom is 0.0412 e. The zero-order valence-corrected chi connectivity index (χ0v) is 8.43. The number of hydrogen-bond donors (Lipinski definition) is 1. The Balaban J connectivity index is 2.45. The molecule has 0 bridgehead atoms. The summed E-state index contributed by atoms with van der Waals surface area (Å²) < 4.78 is 0. The first kappa shape index (κ1) is 8.76. The molecule has 13 heavy (non-hydrogen) atoms. The third kappa shape index (κ3) is 1.28. The van der Waals surface area contributed by atoms with Gasteiger partial charge in [0.15, 0.2) is 0 Å². The first-order valence-electron chi connectivity index (χ1n) is 4.99. The molecular weight excluding hydrogens is 158 g/mol. The lowest BCUT2D eigenvalue weighted by atomic mass is 9.71. The molecule has 0 amide bonds. The van der Waals surface area contributed by atoms with Crippen LogP contribution in [-0.2, 0) is 5.54 Å². The summed E-state index contributed by atoms with van der Waals surface area (Å²) in [5, 5.41) is 0. The van der Waals surface area contributed by atoms with E-state index in [0.717, 1.165) is 12.8 Å². The van der Waals surface area contributed by atoms with Crippen molar-refractivity contribution in [1.29, 1.82) is 0 Å². The fourth-order valence-corrected chi connectivity index (χ4v) is 2.12. The largest absolute Gasteiger partial charge is 0.321 e. The molecule has 0 aromatic heterocycles. The van der Waals surface area contributed by atoms with E-state index in [2.05, 4.69) is 32.0 Å². The van der Waals surface area contributed by atoms with Crippen LogP contribution in [0, 0.1) is 13.8 Å². The van der Waals surface area contributed by atoms with Gasteiger partial charge >= 0.3 is 0 Å². The molecule has 1 aliphatic rings. The molecule has 0 aliphatic heterocycles. The lowest BCUT2D eigenvalue weighted by molar-refractivity contribution is 0.252. The summed E-state index contributed by atoms with van der Waals surface area (Å²) in [6.07, 6.45) is 3.58. The summed E-state index contributed by atoms with van der Waals surface area (Å²) in [5.74, 6) is 0. The molecule has 1 heteroatoms. The number of hydrogen-bond acceptors (Lipinski definition) is 1. The van der Waals surface area contributed by atoms with Gasteiger partial charge in [0.2, 0.25) is 0 Å². The van der Waals surface area contributed by atoms with Gasteiger partial charge in [0.1, 0.15) is 0 Å². The van der Waals surface area contributed by atoms with Crippen molar-refractivity contribution in [2.45, 2.75) is 38.6 Å². The summed E-state index contributed by atoms with van der Waals surface area (Å²) in [7, 11) is 0. The van der Waals surface area contributed by atoms with Crippen molar-refractivity contribution < 1.29 is 0 Å². The molecule has 2 rings (SSSR count). The average molecular weight is 175 g/mol. The molecule has 1 nitrogen and oxygen atoms in total. The van der Waals surface area contributed by atoms with E-state index < -0.39 is 0 Å². The Hall–Kier alpha value is -0.820. The topological polar surface area (TPSA) is 26.0 Å². The third-order valence-electron chi connectivity index (χ3n) is 3.39. The smallest absolute Gasteiger partial charge is 0.0412 e. The Labute approximate surface area is 80.0 Å². The predicted octanol–water partition coefficient (Wildman–Crippen LogP) is 2.64. The molecule has 0 atom stereocenters. The van der Waals surface area contributed by atoms with Crippen molar-refractivity contribution in [3.8, 4) is 0 Å². The molecule has 1 aliphatic carbocycles. The zero-order valence-electron chi connectivity index (χ0n) is 8.43. The van der Waals surface area contributed by atoms with Crippen LogP contribution in [0.2, 0.25) is 0 Å².